The zero-order chi connectivity index (χ0) is 13.7. The average Bonchev–Trinajstić information content (AvgIpc) is 2.66. The highest BCUT2D eigenvalue weighted by Gasteiger charge is 2.40. The SMILES string of the molecule is C=CCCCCC1CC(C)C(C)C2NCCCCC12. The van der Waals surface area contributed by atoms with Gasteiger partial charge in [-0.15, -0.1) is 6.58 Å². The van der Waals surface area contributed by atoms with Crippen LogP contribution in [0.15, 0.2) is 12.7 Å². The van der Waals surface area contributed by atoms with E-state index in [1.165, 1.54) is 57.9 Å². The van der Waals surface area contributed by atoms with Gasteiger partial charge in [0.2, 0.25) is 0 Å². The minimum Gasteiger partial charge on any atom is -0.313 e. The second-order valence-corrected chi connectivity index (χ2v) is 7.04. The summed E-state index contributed by atoms with van der Waals surface area (Å²) in [5.41, 5.74) is 0. The molecule has 5 atom stereocenters. The van der Waals surface area contributed by atoms with Gasteiger partial charge in [-0.25, -0.2) is 0 Å². The molecule has 1 aliphatic carbocycles. The summed E-state index contributed by atoms with van der Waals surface area (Å²) in [6, 6.07) is 0.802. The van der Waals surface area contributed by atoms with Crippen molar-refractivity contribution in [2.24, 2.45) is 23.7 Å². The Morgan fingerprint density at radius 3 is 2.84 bits per heavy atom. The molecule has 1 saturated heterocycles. The molecule has 5 unspecified atom stereocenters. The summed E-state index contributed by atoms with van der Waals surface area (Å²) < 4.78 is 0. The highest BCUT2D eigenvalue weighted by atomic mass is 14.9. The third kappa shape index (κ3) is 3.84. The molecule has 0 amide bonds. The second-order valence-electron chi connectivity index (χ2n) is 7.04. The summed E-state index contributed by atoms with van der Waals surface area (Å²) >= 11 is 0. The largest absolute Gasteiger partial charge is 0.313 e. The van der Waals surface area contributed by atoms with Crippen LogP contribution in [0.4, 0.5) is 0 Å². The van der Waals surface area contributed by atoms with Crippen molar-refractivity contribution >= 4 is 0 Å². The summed E-state index contributed by atoms with van der Waals surface area (Å²) in [5, 5.41) is 3.88. The predicted octanol–water partition coefficient (Wildman–Crippen LogP) is 4.78. The van der Waals surface area contributed by atoms with E-state index in [0.29, 0.717) is 0 Å². The van der Waals surface area contributed by atoms with E-state index in [-0.39, 0.29) is 0 Å². The first-order valence-corrected chi connectivity index (χ1v) is 8.58. The molecular formula is C18H33N. The summed E-state index contributed by atoms with van der Waals surface area (Å²) in [6.07, 6.45) is 13.2. The first kappa shape index (κ1) is 15.1. The van der Waals surface area contributed by atoms with Crippen molar-refractivity contribution in [1.82, 2.24) is 5.32 Å². The van der Waals surface area contributed by atoms with Crippen LogP contribution in [-0.2, 0) is 0 Å². The number of unbranched alkanes of at least 4 members (excludes halogenated alkanes) is 2. The maximum atomic E-state index is 3.88. The number of rotatable bonds is 5. The zero-order valence-electron chi connectivity index (χ0n) is 13.0. The van der Waals surface area contributed by atoms with Crippen LogP contribution in [0.5, 0.6) is 0 Å². The Balaban J connectivity index is 1.94. The van der Waals surface area contributed by atoms with E-state index < -0.39 is 0 Å². The monoisotopic (exact) mass is 263 g/mol. The summed E-state index contributed by atoms with van der Waals surface area (Å²) in [4.78, 5) is 0. The Hall–Kier alpha value is -0.300. The first-order valence-electron chi connectivity index (χ1n) is 8.58. The molecule has 1 saturated carbocycles. The normalized spacial score (nSPS) is 39.4. The number of allylic oxidation sites excluding steroid dienone is 1. The van der Waals surface area contributed by atoms with Gasteiger partial charge in [-0.05, 0) is 62.3 Å². The minimum absolute atomic E-state index is 0.802. The summed E-state index contributed by atoms with van der Waals surface area (Å²) in [7, 11) is 0. The molecule has 0 aromatic carbocycles. The van der Waals surface area contributed by atoms with Crippen LogP contribution >= 0.6 is 0 Å². The molecule has 1 heteroatoms. The second kappa shape index (κ2) is 7.47. The maximum absolute atomic E-state index is 3.88. The van der Waals surface area contributed by atoms with Gasteiger partial charge in [0.05, 0.1) is 0 Å². The van der Waals surface area contributed by atoms with Gasteiger partial charge in [-0.2, -0.15) is 0 Å². The van der Waals surface area contributed by atoms with Crippen molar-refractivity contribution < 1.29 is 0 Å². The number of hydrogen-bond acceptors (Lipinski definition) is 1. The fraction of sp³-hybridized carbons (Fsp3) is 0.889. The molecule has 2 aliphatic rings. The van der Waals surface area contributed by atoms with Gasteiger partial charge in [0, 0.05) is 6.04 Å². The molecule has 0 aromatic rings. The van der Waals surface area contributed by atoms with E-state index in [1.54, 1.807) is 0 Å². The van der Waals surface area contributed by atoms with Crippen LogP contribution in [0, 0.1) is 23.7 Å². The van der Waals surface area contributed by atoms with Gasteiger partial charge in [-0.3, -0.25) is 0 Å². The molecule has 19 heavy (non-hydrogen) atoms. The highest BCUT2D eigenvalue weighted by molar-refractivity contribution is 4.94. The van der Waals surface area contributed by atoms with E-state index in [9.17, 15) is 0 Å². The van der Waals surface area contributed by atoms with Crippen LogP contribution in [0.25, 0.3) is 0 Å². The molecule has 0 radical (unpaired) electrons. The zero-order valence-corrected chi connectivity index (χ0v) is 13.0. The topological polar surface area (TPSA) is 12.0 Å². The average molecular weight is 263 g/mol. The molecule has 0 bridgehead atoms. The van der Waals surface area contributed by atoms with E-state index in [0.717, 1.165) is 29.7 Å². The van der Waals surface area contributed by atoms with Crippen molar-refractivity contribution in [1.29, 1.82) is 0 Å². The van der Waals surface area contributed by atoms with E-state index in [4.69, 9.17) is 0 Å². The lowest BCUT2D eigenvalue weighted by Crippen LogP contribution is -2.49. The van der Waals surface area contributed by atoms with Crippen LogP contribution in [0.2, 0.25) is 0 Å². The standard InChI is InChI=1S/C18H33N/c1-4-5-6-7-10-16-13-14(2)15(3)18-17(16)11-8-9-12-19-18/h4,14-19H,1,5-13H2,2-3H3. The van der Waals surface area contributed by atoms with Gasteiger partial charge >= 0.3 is 0 Å². The molecule has 0 spiro atoms. The van der Waals surface area contributed by atoms with Crippen LogP contribution in [0.3, 0.4) is 0 Å². The summed E-state index contributed by atoms with van der Waals surface area (Å²) in [6.45, 7) is 10.0. The molecule has 110 valence electrons. The van der Waals surface area contributed by atoms with E-state index in [1.807, 2.05) is 0 Å². The lowest BCUT2D eigenvalue weighted by molar-refractivity contribution is 0.0757. The number of hydrogen-bond donors (Lipinski definition) is 1. The fourth-order valence-corrected chi connectivity index (χ4v) is 4.46. The Bertz CT molecular complexity index is 273. The van der Waals surface area contributed by atoms with Crippen molar-refractivity contribution in [3.63, 3.8) is 0 Å². The van der Waals surface area contributed by atoms with Gasteiger partial charge in [-0.1, -0.05) is 39.2 Å². The van der Waals surface area contributed by atoms with E-state index in [2.05, 4.69) is 31.8 Å². The third-order valence-electron chi connectivity index (χ3n) is 5.78. The van der Waals surface area contributed by atoms with Crippen molar-refractivity contribution in [2.75, 3.05) is 6.54 Å². The number of nitrogens with one attached hydrogen (secondary N) is 1. The predicted molar refractivity (Wildman–Crippen MR) is 84.2 cm³/mol. The lowest BCUT2D eigenvalue weighted by Gasteiger charge is -2.45. The van der Waals surface area contributed by atoms with Crippen molar-refractivity contribution in [3.8, 4) is 0 Å². The Morgan fingerprint density at radius 2 is 2.05 bits per heavy atom. The summed E-state index contributed by atoms with van der Waals surface area (Å²) in [5.74, 6) is 3.70. The molecule has 1 nitrogen and oxygen atoms in total. The molecule has 2 fully saturated rings. The first-order chi connectivity index (χ1) is 9.24. The van der Waals surface area contributed by atoms with Crippen LogP contribution < -0.4 is 5.32 Å². The molecule has 1 aliphatic heterocycles. The van der Waals surface area contributed by atoms with Gasteiger partial charge < -0.3 is 5.32 Å². The van der Waals surface area contributed by atoms with Crippen molar-refractivity contribution in [3.05, 3.63) is 12.7 Å². The maximum Gasteiger partial charge on any atom is 0.0126 e. The lowest BCUT2D eigenvalue weighted by atomic mass is 9.64. The van der Waals surface area contributed by atoms with Gasteiger partial charge in [0.1, 0.15) is 0 Å². The molecular weight excluding hydrogens is 230 g/mol. The third-order valence-corrected chi connectivity index (χ3v) is 5.78. The van der Waals surface area contributed by atoms with Crippen LogP contribution in [-0.4, -0.2) is 12.6 Å². The molecule has 1 N–H and O–H groups in total. The van der Waals surface area contributed by atoms with Gasteiger partial charge in [0.15, 0.2) is 0 Å². The van der Waals surface area contributed by atoms with Crippen LogP contribution in [0.1, 0.15) is 65.2 Å². The fourth-order valence-electron chi connectivity index (χ4n) is 4.46. The Morgan fingerprint density at radius 1 is 1.21 bits per heavy atom. The Kier molecular flexibility index (Phi) is 5.94. The highest BCUT2D eigenvalue weighted by Crippen LogP contribution is 2.43. The van der Waals surface area contributed by atoms with E-state index >= 15 is 0 Å². The van der Waals surface area contributed by atoms with Gasteiger partial charge in [0.25, 0.3) is 0 Å². The molecule has 0 aromatic heterocycles. The van der Waals surface area contributed by atoms with Crippen molar-refractivity contribution in [2.45, 2.75) is 71.3 Å². The minimum atomic E-state index is 0.802. The molecule has 2 rings (SSSR count). The smallest absolute Gasteiger partial charge is 0.0126 e. The quantitative estimate of drug-likeness (QED) is 0.556. The number of fused-ring (bicyclic) bond motifs is 1. The molecule has 1 heterocycles. The Labute approximate surface area is 120 Å².